The number of rotatable bonds is 10. The molecule has 1 aliphatic carbocycles. The van der Waals surface area contributed by atoms with Gasteiger partial charge < -0.3 is 9.47 Å². The van der Waals surface area contributed by atoms with Gasteiger partial charge in [-0.1, -0.05) is 70.8 Å². The SMILES string of the molecule is CC.CCC1(CCCCCCCOC2C=CC=CC2)COC1. The molecule has 0 bridgehead atoms. The van der Waals surface area contributed by atoms with Crippen LogP contribution in [0.25, 0.3) is 0 Å². The van der Waals surface area contributed by atoms with Gasteiger partial charge in [0.05, 0.1) is 19.3 Å². The number of allylic oxidation sites excluding steroid dienone is 2. The van der Waals surface area contributed by atoms with Crippen LogP contribution in [0.1, 0.15) is 72.1 Å². The molecule has 2 heteroatoms. The summed E-state index contributed by atoms with van der Waals surface area (Å²) < 4.78 is 11.2. The quantitative estimate of drug-likeness (QED) is 0.483. The molecule has 1 heterocycles. The molecule has 0 aromatic carbocycles. The number of unbranched alkanes of at least 4 members (excludes halogenated alkanes) is 4. The van der Waals surface area contributed by atoms with Gasteiger partial charge in [-0.3, -0.25) is 0 Å². The molecule has 0 aromatic heterocycles. The van der Waals surface area contributed by atoms with Gasteiger partial charge in [0.2, 0.25) is 0 Å². The van der Waals surface area contributed by atoms with Gasteiger partial charge in [-0.15, -0.1) is 0 Å². The van der Waals surface area contributed by atoms with Gasteiger partial charge in [0.15, 0.2) is 0 Å². The Labute approximate surface area is 138 Å². The van der Waals surface area contributed by atoms with E-state index in [1.54, 1.807) is 0 Å². The monoisotopic (exact) mass is 308 g/mol. The van der Waals surface area contributed by atoms with E-state index in [4.69, 9.17) is 9.47 Å². The largest absolute Gasteiger partial charge is 0.380 e. The Morgan fingerprint density at radius 3 is 2.36 bits per heavy atom. The topological polar surface area (TPSA) is 18.5 Å². The fourth-order valence-corrected chi connectivity index (χ4v) is 2.96. The first kappa shape index (κ1) is 19.4. The average Bonchev–Trinajstić information content (AvgIpc) is 2.55. The normalized spacial score (nSPS) is 21.9. The predicted molar refractivity (Wildman–Crippen MR) is 95.2 cm³/mol. The first-order valence-electron chi connectivity index (χ1n) is 9.37. The summed E-state index contributed by atoms with van der Waals surface area (Å²) in [6.45, 7) is 9.21. The highest BCUT2D eigenvalue weighted by Gasteiger charge is 2.35. The third-order valence-electron chi connectivity index (χ3n) is 4.69. The predicted octanol–water partition coefficient (Wildman–Crippen LogP) is 5.68. The molecule has 1 saturated heterocycles. The molecule has 22 heavy (non-hydrogen) atoms. The fraction of sp³-hybridized carbons (Fsp3) is 0.800. The number of ether oxygens (including phenoxy) is 2. The lowest BCUT2D eigenvalue weighted by molar-refractivity contribution is -0.120. The molecule has 0 radical (unpaired) electrons. The van der Waals surface area contributed by atoms with E-state index in [0.717, 1.165) is 26.2 Å². The first-order valence-corrected chi connectivity index (χ1v) is 9.37. The van der Waals surface area contributed by atoms with Gasteiger partial charge in [0, 0.05) is 12.0 Å². The molecule has 2 rings (SSSR count). The van der Waals surface area contributed by atoms with Crippen LogP contribution < -0.4 is 0 Å². The van der Waals surface area contributed by atoms with E-state index in [9.17, 15) is 0 Å². The Morgan fingerprint density at radius 2 is 1.77 bits per heavy atom. The summed E-state index contributed by atoms with van der Waals surface area (Å²) in [5.74, 6) is 0. The molecule has 1 fully saturated rings. The van der Waals surface area contributed by atoms with Crippen LogP contribution in [-0.4, -0.2) is 25.9 Å². The minimum absolute atomic E-state index is 0.322. The fourth-order valence-electron chi connectivity index (χ4n) is 2.96. The zero-order valence-electron chi connectivity index (χ0n) is 15.0. The Bertz CT molecular complexity index is 310. The maximum Gasteiger partial charge on any atom is 0.0793 e. The third kappa shape index (κ3) is 7.11. The van der Waals surface area contributed by atoms with Crippen LogP contribution in [0.3, 0.4) is 0 Å². The maximum atomic E-state index is 5.83. The smallest absolute Gasteiger partial charge is 0.0793 e. The summed E-state index contributed by atoms with van der Waals surface area (Å²) >= 11 is 0. The van der Waals surface area contributed by atoms with E-state index < -0.39 is 0 Å². The van der Waals surface area contributed by atoms with Crippen LogP contribution >= 0.6 is 0 Å². The minimum atomic E-state index is 0.322. The molecule has 2 nitrogen and oxygen atoms in total. The van der Waals surface area contributed by atoms with Crippen molar-refractivity contribution < 1.29 is 9.47 Å². The van der Waals surface area contributed by atoms with Crippen LogP contribution in [-0.2, 0) is 9.47 Å². The molecule has 2 aliphatic rings. The highest BCUT2D eigenvalue weighted by molar-refractivity contribution is 5.11. The van der Waals surface area contributed by atoms with Crippen molar-refractivity contribution in [2.75, 3.05) is 19.8 Å². The second-order valence-electron chi connectivity index (χ2n) is 6.32. The summed E-state index contributed by atoms with van der Waals surface area (Å²) in [6, 6.07) is 0. The van der Waals surface area contributed by atoms with E-state index in [0.29, 0.717) is 11.5 Å². The van der Waals surface area contributed by atoms with Crippen molar-refractivity contribution in [1.29, 1.82) is 0 Å². The molecular weight excluding hydrogens is 272 g/mol. The van der Waals surface area contributed by atoms with Gasteiger partial charge in [-0.2, -0.15) is 0 Å². The standard InChI is InChI=1S/C18H30O2.C2H6/c1-2-18(15-19-16-18)13-9-4-3-5-10-14-20-17-11-7-6-8-12-17;1-2/h6-8,11,17H,2-5,9-10,12-16H2,1H3;1-2H3. The molecule has 0 saturated carbocycles. The highest BCUT2D eigenvalue weighted by atomic mass is 16.5. The molecule has 0 aromatic rings. The molecular formula is C20H36O2. The second-order valence-corrected chi connectivity index (χ2v) is 6.32. The third-order valence-corrected chi connectivity index (χ3v) is 4.69. The zero-order valence-corrected chi connectivity index (χ0v) is 15.0. The van der Waals surface area contributed by atoms with Crippen molar-refractivity contribution in [1.82, 2.24) is 0 Å². The van der Waals surface area contributed by atoms with Gasteiger partial charge in [-0.05, 0) is 25.7 Å². The van der Waals surface area contributed by atoms with Crippen LogP contribution in [0.4, 0.5) is 0 Å². The van der Waals surface area contributed by atoms with E-state index in [2.05, 4.69) is 31.2 Å². The molecule has 1 unspecified atom stereocenters. The Hall–Kier alpha value is -0.600. The molecule has 1 aliphatic heterocycles. The van der Waals surface area contributed by atoms with Crippen LogP contribution in [0.15, 0.2) is 24.3 Å². The maximum absolute atomic E-state index is 5.83. The van der Waals surface area contributed by atoms with Gasteiger partial charge in [0.1, 0.15) is 0 Å². The van der Waals surface area contributed by atoms with E-state index in [-0.39, 0.29) is 0 Å². The Morgan fingerprint density at radius 1 is 1.05 bits per heavy atom. The lowest BCUT2D eigenvalue weighted by Gasteiger charge is -2.41. The molecule has 1 atom stereocenters. The van der Waals surface area contributed by atoms with Crippen molar-refractivity contribution in [3.8, 4) is 0 Å². The average molecular weight is 309 g/mol. The van der Waals surface area contributed by atoms with E-state index >= 15 is 0 Å². The van der Waals surface area contributed by atoms with Crippen LogP contribution in [0.2, 0.25) is 0 Å². The summed E-state index contributed by atoms with van der Waals surface area (Å²) in [5, 5.41) is 0. The lowest BCUT2D eigenvalue weighted by Crippen LogP contribution is -2.41. The second kappa shape index (κ2) is 11.9. The minimum Gasteiger partial charge on any atom is -0.380 e. The van der Waals surface area contributed by atoms with Crippen molar-refractivity contribution >= 4 is 0 Å². The first-order chi connectivity index (χ1) is 10.8. The number of hydrogen-bond acceptors (Lipinski definition) is 2. The summed E-state index contributed by atoms with van der Waals surface area (Å²) in [6.07, 6.45) is 19.1. The Balaban J connectivity index is 0.00000116. The highest BCUT2D eigenvalue weighted by Crippen LogP contribution is 2.36. The van der Waals surface area contributed by atoms with Crippen LogP contribution in [0, 0.1) is 5.41 Å². The summed E-state index contributed by atoms with van der Waals surface area (Å²) in [5.41, 5.74) is 0.546. The van der Waals surface area contributed by atoms with Gasteiger partial charge in [-0.25, -0.2) is 0 Å². The van der Waals surface area contributed by atoms with Crippen molar-refractivity contribution in [3.63, 3.8) is 0 Å². The lowest BCUT2D eigenvalue weighted by atomic mass is 9.78. The van der Waals surface area contributed by atoms with Gasteiger partial charge >= 0.3 is 0 Å². The van der Waals surface area contributed by atoms with E-state index in [1.165, 1.54) is 44.9 Å². The number of hydrogen-bond donors (Lipinski definition) is 0. The summed E-state index contributed by atoms with van der Waals surface area (Å²) in [7, 11) is 0. The van der Waals surface area contributed by atoms with E-state index in [1.807, 2.05) is 13.8 Å². The molecule has 0 N–H and O–H groups in total. The molecule has 128 valence electrons. The molecule has 0 spiro atoms. The van der Waals surface area contributed by atoms with Crippen molar-refractivity contribution in [2.45, 2.75) is 78.2 Å². The van der Waals surface area contributed by atoms with Crippen molar-refractivity contribution in [2.24, 2.45) is 5.41 Å². The Kier molecular flexibility index (Phi) is 10.5. The summed E-state index contributed by atoms with van der Waals surface area (Å²) in [4.78, 5) is 0. The van der Waals surface area contributed by atoms with Gasteiger partial charge in [0.25, 0.3) is 0 Å². The van der Waals surface area contributed by atoms with Crippen molar-refractivity contribution in [3.05, 3.63) is 24.3 Å². The zero-order chi connectivity index (χ0) is 16.1. The molecule has 0 amide bonds. The van der Waals surface area contributed by atoms with Crippen LogP contribution in [0.5, 0.6) is 0 Å².